The van der Waals surface area contributed by atoms with Gasteiger partial charge in [-0.15, -0.1) is 0 Å². The Kier molecular flexibility index (Phi) is 5.06. The summed E-state index contributed by atoms with van der Waals surface area (Å²) >= 11 is 5.12. The Morgan fingerprint density at radius 2 is 1.76 bits per heavy atom. The third kappa shape index (κ3) is 4.00. The van der Waals surface area contributed by atoms with E-state index in [1.807, 2.05) is 25.1 Å². The van der Waals surface area contributed by atoms with Crippen molar-refractivity contribution >= 4 is 38.3 Å². The van der Waals surface area contributed by atoms with Crippen LogP contribution in [0.1, 0.15) is 11.3 Å². The van der Waals surface area contributed by atoms with Gasteiger partial charge in [0, 0.05) is 23.1 Å². The number of aromatic amines is 1. The molecule has 0 fully saturated rings. The fourth-order valence-corrected chi connectivity index (χ4v) is 4.16. The molecule has 0 amide bonds. The zero-order valence-electron chi connectivity index (χ0n) is 13.7. The highest BCUT2D eigenvalue weighted by Crippen LogP contribution is 2.21. The van der Waals surface area contributed by atoms with Gasteiger partial charge in [0.1, 0.15) is 0 Å². The minimum absolute atomic E-state index is 0.0985. The molecule has 1 aromatic heterocycles. The van der Waals surface area contributed by atoms with Crippen LogP contribution < -0.4 is 10.0 Å². The average molecular weight is 374 g/mol. The van der Waals surface area contributed by atoms with Gasteiger partial charge in [0.25, 0.3) is 10.0 Å². The molecular formula is C18H19N3O2S2. The Balaban J connectivity index is 1.60. The second-order valence-corrected chi connectivity index (χ2v) is 7.79. The average Bonchev–Trinajstić information content (AvgIpc) is 2.91. The number of hydrogen-bond acceptors (Lipinski definition) is 3. The van der Waals surface area contributed by atoms with E-state index in [1.54, 1.807) is 18.2 Å². The van der Waals surface area contributed by atoms with Crippen LogP contribution in [0.4, 0.5) is 0 Å². The van der Waals surface area contributed by atoms with E-state index in [9.17, 15) is 8.42 Å². The molecule has 0 spiro atoms. The molecule has 0 saturated carbocycles. The lowest BCUT2D eigenvalue weighted by atomic mass is 10.1. The molecule has 3 N–H and O–H groups in total. The first-order valence-electron chi connectivity index (χ1n) is 7.89. The van der Waals surface area contributed by atoms with Crippen molar-refractivity contribution in [1.82, 2.24) is 15.0 Å². The van der Waals surface area contributed by atoms with Crippen molar-refractivity contribution in [3.63, 3.8) is 0 Å². The summed E-state index contributed by atoms with van der Waals surface area (Å²) < 4.78 is 26.8. The maximum absolute atomic E-state index is 12.2. The molecular weight excluding hydrogens is 354 g/mol. The quantitative estimate of drug-likeness (QED) is 0.601. The van der Waals surface area contributed by atoms with Gasteiger partial charge in [-0.2, -0.15) is 0 Å². The zero-order valence-corrected chi connectivity index (χ0v) is 15.4. The second kappa shape index (κ2) is 7.25. The van der Waals surface area contributed by atoms with Gasteiger partial charge in [-0.05, 0) is 49.3 Å². The Labute approximate surface area is 152 Å². The fourth-order valence-electron chi connectivity index (χ4n) is 2.77. The van der Waals surface area contributed by atoms with Crippen molar-refractivity contribution in [2.75, 3.05) is 6.54 Å². The molecule has 0 saturated heterocycles. The number of para-hydroxylation sites is 1. The maximum Gasteiger partial charge on any atom is 0.263 e. The standard InChI is InChI=1S/C18H19N3O2S2/c1-13-15(16-9-5-6-10-17(16)20-13)11-12-19-18(24)21-25(22,23)14-7-3-2-4-8-14/h2-10,20H,11-12H2,1H3,(H2,19,21,24). The van der Waals surface area contributed by atoms with Gasteiger partial charge >= 0.3 is 0 Å². The maximum atomic E-state index is 12.2. The third-order valence-electron chi connectivity index (χ3n) is 3.97. The monoisotopic (exact) mass is 373 g/mol. The van der Waals surface area contributed by atoms with Crippen LogP contribution in [0, 0.1) is 6.92 Å². The van der Waals surface area contributed by atoms with E-state index in [0.717, 1.165) is 17.6 Å². The number of aromatic nitrogens is 1. The van der Waals surface area contributed by atoms with Gasteiger partial charge in [-0.3, -0.25) is 4.72 Å². The number of thiocarbonyl (C=S) groups is 1. The van der Waals surface area contributed by atoms with E-state index >= 15 is 0 Å². The molecule has 25 heavy (non-hydrogen) atoms. The van der Waals surface area contributed by atoms with Gasteiger partial charge in [-0.25, -0.2) is 8.42 Å². The molecule has 0 atom stereocenters. The molecule has 5 nitrogen and oxygen atoms in total. The highest BCUT2D eigenvalue weighted by Gasteiger charge is 2.15. The summed E-state index contributed by atoms with van der Waals surface area (Å²) in [6, 6.07) is 16.3. The molecule has 0 bridgehead atoms. The largest absolute Gasteiger partial charge is 0.362 e. The van der Waals surface area contributed by atoms with E-state index in [-0.39, 0.29) is 10.0 Å². The summed E-state index contributed by atoms with van der Waals surface area (Å²) in [5, 5.41) is 4.24. The van der Waals surface area contributed by atoms with Gasteiger partial charge in [0.15, 0.2) is 5.11 Å². The zero-order chi connectivity index (χ0) is 17.9. The lowest BCUT2D eigenvalue weighted by Gasteiger charge is -2.11. The molecule has 3 aromatic rings. The van der Waals surface area contributed by atoms with Gasteiger partial charge in [-0.1, -0.05) is 36.4 Å². The van der Waals surface area contributed by atoms with Crippen LogP contribution in [0.3, 0.4) is 0 Å². The third-order valence-corrected chi connectivity index (χ3v) is 5.71. The minimum atomic E-state index is -3.65. The van der Waals surface area contributed by atoms with Crippen LogP contribution in [-0.2, 0) is 16.4 Å². The van der Waals surface area contributed by atoms with E-state index in [0.29, 0.717) is 6.54 Å². The highest BCUT2D eigenvalue weighted by atomic mass is 32.2. The normalized spacial score (nSPS) is 11.4. The second-order valence-electron chi connectivity index (χ2n) is 5.70. The molecule has 0 aliphatic heterocycles. The molecule has 0 aliphatic carbocycles. The number of rotatable bonds is 5. The van der Waals surface area contributed by atoms with Crippen LogP contribution in [0.25, 0.3) is 10.9 Å². The van der Waals surface area contributed by atoms with Crippen molar-refractivity contribution in [2.45, 2.75) is 18.2 Å². The van der Waals surface area contributed by atoms with Gasteiger partial charge in [0.2, 0.25) is 0 Å². The van der Waals surface area contributed by atoms with Crippen molar-refractivity contribution in [1.29, 1.82) is 0 Å². The van der Waals surface area contributed by atoms with Crippen LogP contribution >= 0.6 is 12.2 Å². The van der Waals surface area contributed by atoms with Crippen LogP contribution in [0.15, 0.2) is 59.5 Å². The number of benzene rings is 2. The molecule has 0 radical (unpaired) electrons. The number of sulfonamides is 1. The summed E-state index contributed by atoms with van der Waals surface area (Å²) in [7, 11) is -3.65. The lowest BCUT2D eigenvalue weighted by Crippen LogP contribution is -2.40. The summed E-state index contributed by atoms with van der Waals surface area (Å²) in [6.45, 7) is 2.57. The number of nitrogens with one attached hydrogen (secondary N) is 3. The van der Waals surface area contributed by atoms with Crippen LogP contribution in [0.2, 0.25) is 0 Å². The Morgan fingerprint density at radius 1 is 1.08 bits per heavy atom. The van der Waals surface area contributed by atoms with Crippen molar-refractivity contribution in [2.24, 2.45) is 0 Å². The first-order valence-corrected chi connectivity index (χ1v) is 9.78. The number of hydrogen-bond donors (Lipinski definition) is 3. The van der Waals surface area contributed by atoms with E-state index < -0.39 is 10.0 Å². The first kappa shape index (κ1) is 17.4. The van der Waals surface area contributed by atoms with Crippen molar-refractivity contribution in [3.8, 4) is 0 Å². The molecule has 3 rings (SSSR count). The predicted octanol–water partition coefficient (Wildman–Crippen LogP) is 2.87. The highest BCUT2D eigenvalue weighted by molar-refractivity contribution is 7.91. The predicted molar refractivity (Wildman–Crippen MR) is 104 cm³/mol. The van der Waals surface area contributed by atoms with Gasteiger partial charge < -0.3 is 10.3 Å². The van der Waals surface area contributed by atoms with E-state index in [1.165, 1.54) is 23.1 Å². The summed E-state index contributed by atoms with van der Waals surface area (Å²) in [4.78, 5) is 3.54. The summed E-state index contributed by atoms with van der Waals surface area (Å²) in [5.74, 6) is 0. The topological polar surface area (TPSA) is 74.0 Å². The number of aryl methyl sites for hydroxylation is 1. The van der Waals surface area contributed by atoms with Crippen LogP contribution in [-0.4, -0.2) is 25.1 Å². The summed E-state index contributed by atoms with van der Waals surface area (Å²) in [5.41, 5.74) is 3.41. The molecule has 130 valence electrons. The molecule has 0 aliphatic rings. The Bertz CT molecular complexity index is 996. The lowest BCUT2D eigenvalue weighted by molar-refractivity contribution is 0.592. The molecule has 2 aromatic carbocycles. The number of fused-ring (bicyclic) bond motifs is 1. The van der Waals surface area contributed by atoms with Crippen LogP contribution in [0.5, 0.6) is 0 Å². The first-order chi connectivity index (χ1) is 12.0. The van der Waals surface area contributed by atoms with E-state index in [2.05, 4.69) is 21.1 Å². The Hall–Kier alpha value is -2.38. The Morgan fingerprint density at radius 3 is 2.52 bits per heavy atom. The molecule has 1 heterocycles. The fraction of sp³-hybridized carbons (Fsp3) is 0.167. The van der Waals surface area contributed by atoms with Crippen molar-refractivity contribution < 1.29 is 8.42 Å². The smallest absolute Gasteiger partial charge is 0.263 e. The van der Waals surface area contributed by atoms with E-state index in [4.69, 9.17) is 12.2 Å². The number of H-pyrrole nitrogens is 1. The minimum Gasteiger partial charge on any atom is -0.362 e. The van der Waals surface area contributed by atoms with Crippen molar-refractivity contribution in [3.05, 3.63) is 65.9 Å². The summed E-state index contributed by atoms with van der Waals surface area (Å²) in [6.07, 6.45) is 0.739. The molecule has 7 heteroatoms. The van der Waals surface area contributed by atoms with Gasteiger partial charge in [0.05, 0.1) is 4.90 Å². The molecule has 0 unspecified atom stereocenters. The SMILES string of the molecule is Cc1[nH]c2ccccc2c1CCNC(=S)NS(=O)(=O)c1ccccc1.